The lowest BCUT2D eigenvalue weighted by atomic mass is 10.2. The third kappa shape index (κ3) is 6.08. The van der Waals surface area contributed by atoms with E-state index < -0.39 is 16.0 Å². The van der Waals surface area contributed by atoms with E-state index in [0.717, 1.165) is 0 Å². The smallest absolute Gasteiger partial charge is 0.338 e. The maximum Gasteiger partial charge on any atom is 0.338 e. The Balaban J connectivity index is 1.96. The zero-order chi connectivity index (χ0) is 19.9. The number of hydrogen-bond acceptors (Lipinski definition) is 5. The quantitative estimate of drug-likeness (QED) is 0.356. The van der Waals surface area contributed by atoms with E-state index in [-0.39, 0.29) is 17.5 Å². The number of nitrogens with two attached hydrogens (primary N) is 2. The maximum absolute atomic E-state index is 12.1. The summed E-state index contributed by atoms with van der Waals surface area (Å²) in [6, 6.07) is 12.5. The number of carbonyl (C=O) groups is 1. The Bertz CT molecular complexity index is 903. The standard InChI is InChI=1S/C18H22N4O4S/c1-2-11-21-27(24,25)16-9-3-13(4-10-16)12-26-17(23)14-5-7-15(8-6-14)22-18(19)20/h3-10,21H,2,11-12H2,1H3,(H4,19,20,22). The molecule has 0 atom stereocenters. The molecular formula is C18H22N4O4S. The van der Waals surface area contributed by atoms with E-state index in [2.05, 4.69) is 9.71 Å². The fourth-order valence-corrected chi connectivity index (χ4v) is 3.27. The van der Waals surface area contributed by atoms with Crippen molar-refractivity contribution in [3.8, 4) is 0 Å². The van der Waals surface area contributed by atoms with Crippen LogP contribution in [0.1, 0.15) is 29.3 Å². The Morgan fingerprint density at radius 1 is 1.07 bits per heavy atom. The van der Waals surface area contributed by atoms with Crippen molar-refractivity contribution in [1.82, 2.24) is 4.72 Å². The van der Waals surface area contributed by atoms with Crippen molar-refractivity contribution in [3.05, 3.63) is 59.7 Å². The van der Waals surface area contributed by atoms with Crippen LogP contribution in [0.15, 0.2) is 58.4 Å². The fourth-order valence-electron chi connectivity index (χ4n) is 2.14. The van der Waals surface area contributed by atoms with Gasteiger partial charge in [-0.05, 0) is 48.4 Å². The van der Waals surface area contributed by atoms with Gasteiger partial charge in [0.05, 0.1) is 16.1 Å². The molecule has 0 aromatic heterocycles. The number of esters is 1. The summed E-state index contributed by atoms with van der Waals surface area (Å²) in [5.74, 6) is -0.576. The minimum Gasteiger partial charge on any atom is -0.457 e. The van der Waals surface area contributed by atoms with Crippen molar-refractivity contribution < 1.29 is 17.9 Å². The molecule has 0 bridgehead atoms. The lowest BCUT2D eigenvalue weighted by molar-refractivity contribution is 0.0472. The Hall–Kier alpha value is -2.91. The van der Waals surface area contributed by atoms with Gasteiger partial charge in [-0.25, -0.2) is 22.9 Å². The molecular weight excluding hydrogens is 368 g/mol. The van der Waals surface area contributed by atoms with Gasteiger partial charge in [0.25, 0.3) is 0 Å². The molecule has 0 saturated carbocycles. The highest BCUT2D eigenvalue weighted by Gasteiger charge is 2.13. The SMILES string of the molecule is CCCNS(=O)(=O)c1ccc(COC(=O)c2ccc(N=C(N)N)cc2)cc1. The van der Waals surface area contributed by atoms with E-state index in [1.807, 2.05) is 6.92 Å². The number of aliphatic imine (C=N–C) groups is 1. The van der Waals surface area contributed by atoms with Crippen molar-refractivity contribution >= 4 is 27.6 Å². The van der Waals surface area contributed by atoms with Gasteiger partial charge in [0.2, 0.25) is 10.0 Å². The first-order chi connectivity index (χ1) is 12.8. The minimum absolute atomic E-state index is 0.0250. The Morgan fingerprint density at radius 3 is 2.26 bits per heavy atom. The van der Waals surface area contributed by atoms with Crippen LogP contribution < -0.4 is 16.2 Å². The third-order valence-corrected chi connectivity index (χ3v) is 4.98. The lowest BCUT2D eigenvalue weighted by Crippen LogP contribution is -2.24. The number of sulfonamides is 1. The van der Waals surface area contributed by atoms with Crippen LogP contribution in [-0.4, -0.2) is 26.9 Å². The molecule has 9 heteroatoms. The summed E-state index contributed by atoms with van der Waals surface area (Å²) in [5, 5.41) is 0. The van der Waals surface area contributed by atoms with Gasteiger partial charge in [-0.2, -0.15) is 0 Å². The number of hydrogen-bond donors (Lipinski definition) is 3. The van der Waals surface area contributed by atoms with Crippen molar-refractivity contribution in [2.75, 3.05) is 6.54 Å². The highest BCUT2D eigenvalue weighted by molar-refractivity contribution is 7.89. The summed E-state index contributed by atoms with van der Waals surface area (Å²) in [6.45, 7) is 2.29. The minimum atomic E-state index is -3.51. The largest absolute Gasteiger partial charge is 0.457 e. The van der Waals surface area contributed by atoms with E-state index in [1.54, 1.807) is 36.4 Å². The molecule has 0 heterocycles. The van der Waals surface area contributed by atoms with Crippen LogP contribution in [0.25, 0.3) is 0 Å². The van der Waals surface area contributed by atoms with Gasteiger partial charge in [0.1, 0.15) is 6.61 Å². The summed E-state index contributed by atoms with van der Waals surface area (Å²) in [4.78, 5) is 16.1. The van der Waals surface area contributed by atoms with Gasteiger partial charge in [0, 0.05) is 6.54 Å². The molecule has 0 aliphatic carbocycles. The monoisotopic (exact) mass is 390 g/mol. The zero-order valence-electron chi connectivity index (χ0n) is 14.9. The van der Waals surface area contributed by atoms with Gasteiger partial charge in [-0.15, -0.1) is 0 Å². The second-order valence-electron chi connectivity index (χ2n) is 5.70. The predicted octanol–water partition coefficient (Wildman–Crippen LogP) is 1.64. The number of nitrogens with zero attached hydrogens (tertiary/aromatic N) is 1. The van der Waals surface area contributed by atoms with Gasteiger partial charge in [0.15, 0.2) is 5.96 Å². The molecule has 27 heavy (non-hydrogen) atoms. The lowest BCUT2D eigenvalue weighted by Gasteiger charge is -2.08. The molecule has 0 aliphatic heterocycles. The Morgan fingerprint density at radius 2 is 1.70 bits per heavy atom. The molecule has 2 rings (SSSR count). The van der Waals surface area contributed by atoms with E-state index in [9.17, 15) is 13.2 Å². The first-order valence-corrected chi connectivity index (χ1v) is 9.75. The highest BCUT2D eigenvalue weighted by Crippen LogP contribution is 2.15. The van der Waals surface area contributed by atoms with Crippen LogP contribution in [0.5, 0.6) is 0 Å². The van der Waals surface area contributed by atoms with Gasteiger partial charge in [-0.3, -0.25) is 0 Å². The Labute approximate surface area is 158 Å². The summed E-state index contributed by atoms with van der Waals surface area (Å²) < 4.78 is 31.8. The normalized spacial score (nSPS) is 11.0. The van der Waals surface area contributed by atoms with Crippen LogP contribution in [0.3, 0.4) is 0 Å². The van der Waals surface area contributed by atoms with E-state index in [0.29, 0.717) is 29.8 Å². The van der Waals surface area contributed by atoms with Crippen molar-refractivity contribution in [3.63, 3.8) is 0 Å². The van der Waals surface area contributed by atoms with Gasteiger partial charge >= 0.3 is 5.97 Å². The van der Waals surface area contributed by atoms with Crippen molar-refractivity contribution in [1.29, 1.82) is 0 Å². The molecule has 0 radical (unpaired) electrons. The van der Waals surface area contributed by atoms with Crippen molar-refractivity contribution in [2.45, 2.75) is 24.8 Å². The fraction of sp³-hybridized carbons (Fsp3) is 0.222. The molecule has 0 saturated heterocycles. The molecule has 5 N–H and O–H groups in total. The second-order valence-corrected chi connectivity index (χ2v) is 7.47. The highest BCUT2D eigenvalue weighted by atomic mass is 32.2. The number of rotatable bonds is 8. The summed E-state index contributed by atoms with van der Waals surface area (Å²) in [5.41, 5.74) is 12.1. The maximum atomic E-state index is 12.1. The molecule has 0 amide bonds. The van der Waals surface area contributed by atoms with Crippen LogP contribution >= 0.6 is 0 Å². The number of benzene rings is 2. The average Bonchev–Trinajstić information content (AvgIpc) is 2.65. The third-order valence-electron chi connectivity index (χ3n) is 3.51. The first kappa shape index (κ1) is 20.4. The molecule has 0 spiro atoms. The average molecular weight is 390 g/mol. The number of ether oxygens (including phenoxy) is 1. The zero-order valence-corrected chi connectivity index (χ0v) is 15.7. The molecule has 0 unspecified atom stereocenters. The molecule has 0 aliphatic rings. The molecule has 144 valence electrons. The van der Waals surface area contributed by atoms with E-state index in [4.69, 9.17) is 16.2 Å². The molecule has 0 fully saturated rings. The summed E-state index contributed by atoms with van der Waals surface area (Å²) >= 11 is 0. The van der Waals surface area contributed by atoms with E-state index in [1.165, 1.54) is 12.1 Å². The van der Waals surface area contributed by atoms with Crippen LogP contribution in [0.4, 0.5) is 5.69 Å². The van der Waals surface area contributed by atoms with Crippen molar-refractivity contribution in [2.24, 2.45) is 16.5 Å². The predicted molar refractivity (Wildman–Crippen MR) is 103 cm³/mol. The van der Waals surface area contributed by atoms with Gasteiger partial charge < -0.3 is 16.2 Å². The topological polar surface area (TPSA) is 137 Å². The second kappa shape index (κ2) is 9.15. The summed E-state index contributed by atoms with van der Waals surface area (Å²) in [7, 11) is -3.51. The van der Waals surface area contributed by atoms with Gasteiger partial charge in [-0.1, -0.05) is 19.1 Å². The molecule has 8 nitrogen and oxygen atoms in total. The molecule has 2 aromatic carbocycles. The van der Waals surface area contributed by atoms with Crippen LogP contribution in [0.2, 0.25) is 0 Å². The first-order valence-electron chi connectivity index (χ1n) is 8.27. The number of nitrogens with one attached hydrogen (secondary N) is 1. The van der Waals surface area contributed by atoms with Crippen LogP contribution in [-0.2, 0) is 21.4 Å². The van der Waals surface area contributed by atoms with E-state index >= 15 is 0 Å². The Kier molecular flexibility index (Phi) is 6.91. The van der Waals surface area contributed by atoms with Crippen LogP contribution in [0, 0.1) is 0 Å². The summed E-state index contributed by atoms with van der Waals surface area (Å²) in [6.07, 6.45) is 0.709. The number of carbonyl (C=O) groups excluding carboxylic acids is 1. The number of guanidine groups is 1. The molecule has 2 aromatic rings.